The number of esters is 1. The molecule has 1 heterocycles. The Morgan fingerprint density at radius 3 is 2.17 bits per heavy atom. The Morgan fingerprint density at radius 2 is 1.73 bits per heavy atom. The van der Waals surface area contributed by atoms with Crippen LogP contribution in [0.2, 0.25) is 0 Å². The molecule has 1 rings (SSSR count). The molecule has 2 N–H and O–H groups in total. The second kappa shape index (κ2) is 10.3. The van der Waals surface area contributed by atoms with Gasteiger partial charge in [-0.3, -0.25) is 9.05 Å². The Hall–Kier alpha value is -2.01. The van der Waals surface area contributed by atoms with Gasteiger partial charge in [0.2, 0.25) is 11.3 Å². The van der Waals surface area contributed by atoms with Crippen molar-refractivity contribution in [1.29, 1.82) is 0 Å². The lowest BCUT2D eigenvalue weighted by Gasteiger charge is -2.26. The van der Waals surface area contributed by atoms with Crippen molar-refractivity contribution in [2.75, 3.05) is 18.9 Å². The van der Waals surface area contributed by atoms with Gasteiger partial charge in [0, 0.05) is 5.38 Å². The van der Waals surface area contributed by atoms with Crippen LogP contribution in [0.15, 0.2) is 10.5 Å². The number of ether oxygens (including phenoxy) is 1. The standard InChI is InChI=1S/C17H28N3O8PS/c1-8-24-29(23,25-9-2)27-13(21)12(11-10-30-15(18)19-11)20-28-17(6,7)14(22)26-16(3,4)5/h10H,8-9H2,1-7H3,(H2,18,19). The molecule has 1 aromatic rings. The highest BCUT2D eigenvalue weighted by Crippen LogP contribution is 2.49. The Kier molecular flexibility index (Phi) is 8.97. The van der Waals surface area contributed by atoms with Crippen LogP contribution in [0.25, 0.3) is 0 Å². The maximum Gasteiger partial charge on any atom is 0.532 e. The summed E-state index contributed by atoms with van der Waals surface area (Å²) in [4.78, 5) is 34.3. The van der Waals surface area contributed by atoms with E-state index in [4.69, 9.17) is 28.9 Å². The van der Waals surface area contributed by atoms with E-state index in [2.05, 4.69) is 10.1 Å². The largest absolute Gasteiger partial charge is 0.532 e. The lowest BCUT2D eigenvalue weighted by atomic mass is 10.1. The number of phosphoric acid groups is 1. The summed E-state index contributed by atoms with van der Waals surface area (Å²) in [6.07, 6.45) is 0. The number of phosphoric ester groups is 1. The second-order valence-electron chi connectivity index (χ2n) is 7.28. The number of thiazole rings is 1. The summed E-state index contributed by atoms with van der Waals surface area (Å²) in [6, 6.07) is 0. The molecule has 1 aromatic heterocycles. The first kappa shape index (κ1) is 26.0. The van der Waals surface area contributed by atoms with Crippen molar-refractivity contribution in [3.05, 3.63) is 11.1 Å². The number of nitrogens with two attached hydrogens (primary N) is 1. The molecule has 0 radical (unpaired) electrons. The van der Waals surface area contributed by atoms with Gasteiger partial charge in [-0.05, 0) is 48.5 Å². The number of hydrogen-bond donors (Lipinski definition) is 1. The van der Waals surface area contributed by atoms with Crippen LogP contribution in [0.5, 0.6) is 0 Å². The van der Waals surface area contributed by atoms with E-state index in [1.54, 1.807) is 34.6 Å². The van der Waals surface area contributed by atoms with E-state index in [-0.39, 0.29) is 24.0 Å². The molecule has 170 valence electrons. The van der Waals surface area contributed by atoms with E-state index in [9.17, 15) is 14.2 Å². The number of anilines is 1. The van der Waals surface area contributed by atoms with Crippen molar-refractivity contribution in [3.8, 4) is 0 Å². The van der Waals surface area contributed by atoms with Crippen LogP contribution < -0.4 is 5.73 Å². The fourth-order valence-electron chi connectivity index (χ4n) is 1.73. The average Bonchev–Trinajstić information content (AvgIpc) is 2.99. The highest BCUT2D eigenvalue weighted by atomic mass is 32.1. The third kappa shape index (κ3) is 8.02. The molecule has 0 atom stereocenters. The fraction of sp³-hybridized carbons (Fsp3) is 0.647. The van der Waals surface area contributed by atoms with Gasteiger partial charge in [-0.2, -0.15) is 0 Å². The molecule has 0 aliphatic rings. The van der Waals surface area contributed by atoms with Gasteiger partial charge in [0.15, 0.2) is 5.13 Å². The van der Waals surface area contributed by atoms with E-state index < -0.39 is 36.7 Å². The van der Waals surface area contributed by atoms with Crippen molar-refractivity contribution in [2.24, 2.45) is 5.16 Å². The molecular weight excluding hydrogens is 437 g/mol. The highest BCUT2D eigenvalue weighted by Gasteiger charge is 2.37. The Labute approximate surface area is 179 Å². The monoisotopic (exact) mass is 465 g/mol. The third-order valence-corrected chi connectivity index (χ3v) is 5.19. The Morgan fingerprint density at radius 1 is 1.17 bits per heavy atom. The van der Waals surface area contributed by atoms with Crippen LogP contribution in [-0.2, 0) is 37.3 Å². The van der Waals surface area contributed by atoms with E-state index in [0.717, 1.165) is 11.3 Å². The Bertz CT molecular complexity index is 821. The van der Waals surface area contributed by atoms with E-state index in [0.29, 0.717) is 0 Å². The molecule has 0 aliphatic heterocycles. The van der Waals surface area contributed by atoms with Gasteiger partial charge < -0.3 is 19.8 Å². The lowest BCUT2D eigenvalue weighted by molar-refractivity contribution is -0.179. The van der Waals surface area contributed by atoms with Crippen molar-refractivity contribution in [1.82, 2.24) is 4.98 Å². The number of oxime groups is 1. The molecule has 0 aromatic carbocycles. The number of rotatable bonds is 10. The zero-order valence-corrected chi connectivity index (χ0v) is 19.8. The zero-order valence-electron chi connectivity index (χ0n) is 18.1. The summed E-state index contributed by atoms with van der Waals surface area (Å²) in [7, 11) is -4.19. The predicted molar refractivity (Wildman–Crippen MR) is 111 cm³/mol. The SMILES string of the molecule is CCOP(=O)(OCC)OC(=O)C(=NOC(C)(C)C(=O)OC(C)(C)C)c1csc(N)n1. The topological polar surface area (TPSA) is 149 Å². The molecule has 0 bridgehead atoms. The van der Waals surface area contributed by atoms with Crippen LogP contribution >= 0.6 is 19.2 Å². The maximum atomic E-state index is 12.7. The smallest absolute Gasteiger partial charge is 0.457 e. The maximum absolute atomic E-state index is 12.7. The molecule has 0 amide bonds. The zero-order chi connectivity index (χ0) is 23.2. The normalized spacial score (nSPS) is 13.1. The summed E-state index contributed by atoms with van der Waals surface area (Å²) in [6.45, 7) is 11.0. The molecule has 0 unspecified atom stereocenters. The number of nitrogens with zero attached hydrogens (tertiary/aromatic N) is 2. The summed E-state index contributed by atoms with van der Waals surface area (Å²) >= 11 is 1.04. The number of carbonyl (C=O) groups excluding carboxylic acids is 2. The van der Waals surface area contributed by atoms with E-state index in [1.165, 1.54) is 19.2 Å². The third-order valence-electron chi connectivity index (χ3n) is 2.98. The molecule has 11 nitrogen and oxygen atoms in total. The summed E-state index contributed by atoms with van der Waals surface area (Å²) in [5.41, 5.74) is 2.84. The van der Waals surface area contributed by atoms with Gasteiger partial charge in [0.05, 0.1) is 13.2 Å². The second-order valence-corrected chi connectivity index (χ2v) is 9.76. The first-order valence-corrected chi connectivity index (χ1v) is 11.4. The molecule has 0 spiro atoms. The van der Waals surface area contributed by atoms with Gasteiger partial charge in [-0.15, -0.1) is 11.3 Å². The molecule has 13 heteroatoms. The quantitative estimate of drug-likeness (QED) is 0.236. The minimum Gasteiger partial charge on any atom is -0.457 e. The van der Waals surface area contributed by atoms with Crippen LogP contribution in [-0.4, -0.2) is 47.1 Å². The summed E-state index contributed by atoms with van der Waals surface area (Å²) in [5, 5.41) is 5.30. The van der Waals surface area contributed by atoms with Gasteiger partial charge >= 0.3 is 19.8 Å². The van der Waals surface area contributed by atoms with Crippen molar-refractivity contribution >= 4 is 41.9 Å². The molecule has 0 aliphatic carbocycles. The molecular formula is C17H28N3O8PS. The summed E-state index contributed by atoms with van der Waals surface area (Å²) < 4.78 is 32.6. The predicted octanol–water partition coefficient (Wildman–Crippen LogP) is 3.29. The van der Waals surface area contributed by atoms with E-state index >= 15 is 0 Å². The first-order chi connectivity index (χ1) is 13.7. The van der Waals surface area contributed by atoms with Crippen LogP contribution in [0, 0.1) is 0 Å². The lowest BCUT2D eigenvalue weighted by Crippen LogP contribution is -2.40. The molecule has 0 saturated carbocycles. The van der Waals surface area contributed by atoms with Crippen molar-refractivity contribution in [2.45, 2.75) is 59.7 Å². The van der Waals surface area contributed by atoms with E-state index in [1.807, 2.05) is 0 Å². The van der Waals surface area contributed by atoms with Crippen LogP contribution in [0.3, 0.4) is 0 Å². The fourth-order valence-corrected chi connectivity index (χ4v) is 3.38. The number of hydrogen-bond acceptors (Lipinski definition) is 12. The summed E-state index contributed by atoms with van der Waals surface area (Å²) in [5.74, 6) is -1.90. The van der Waals surface area contributed by atoms with Gasteiger partial charge in [0.25, 0.3) is 0 Å². The van der Waals surface area contributed by atoms with Gasteiger partial charge in [-0.1, -0.05) is 5.16 Å². The minimum absolute atomic E-state index is 0.00188. The van der Waals surface area contributed by atoms with Crippen molar-refractivity contribution < 1.29 is 37.3 Å². The average molecular weight is 465 g/mol. The molecule has 0 fully saturated rings. The van der Waals surface area contributed by atoms with Crippen LogP contribution in [0.4, 0.5) is 5.13 Å². The van der Waals surface area contributed by atoms with Gasteiger partial charge in [0.1, 0.15) is 11.3 Å². The first-order valence-electron chi connectivity index (χ1n) is 9.07. The highest BCUT2D eigenvalue weighted by molar-refractivity contribution is 7.49. The van der Waals surface area contributed by atoms with Crippen LogP contribution in [0.1, 0.15) is 54.2 Å². The Balaban J connectivity index is 3.19. The van der Waals surface area contributed by atoms with Gasteiger partial charge in [-0.25, -0.2) is 19.1 Å². The number of nitrogen functional groups attached to an aromatic ring is 1. The molecule has 30 heavy (non-hydrogen) atoms. The number of carbonyl (C=O) groups is 2. The number of aromatic nitrogens is 1. The van der Waals surface area contributed by atoms with Crippen molar-refractivity contribution in [3.63, 3.8) is 0 Å². The minimum atomic E-state index is -4.19. The molecule has 0 saturated heterocycles.